The van der Waals surface area contributed by atoms with Gasteiger partial charge in [0.1, 0.15) is 17.2 Å². The lowest BCUT2D eigenvalue weighted by molar-refractivity contribution is -0.137. The van der Waals surface area contributed by atoms with Gasteiger partial charge in [-0.3, -0.25) is 9.78 Å². The summed E-state index contributed by atoms with van der Waals surface area (Å²) in [5.41, 5.74) is 1.37. The summed E-state index contributed by atoms with van der Waals surface area (Å²) in [4.78, 5) is 28.4. The maximum Gasteiger partial charge on any atom is 0.417 e. The third kappa shape index (κ3) is 4.59. The first-order valence-electron chi connectivity index (χ1n) is 8.77. The molecule has 0 saturated heterocycles. The molecule has 0 bridgehead atoms. The van der Waals surface area contributed by atoms with E-state index in [-0.39, 0.29) is 16.2 Å². The largest absolute Gasteiger partial charge is 0.504 e. The van der Waals surface area contributed by atoms with E-state index in [1.807, 2.05) is 0 Å². The molecule has 0 aliphatic carbocycles. The van der Waals surface area contributed by atoms with Crippen LogP contribution in [-0.2, 0) is 6.18 Å². The number of nitrogens with zero attached hydrogens (tertiary/aromatic N) is 2. The summed E-state index contributed by atoms with van der Waals surface area (Å²) >= 11 is 18.2. The number of benzene rings is 2. The van der Waals surface area contributed by atoms with Gasteiger partial charge in [0.15, 0.2) is 5.75 Å². The summed E-state index contributed by atoms with van der Waals surface area (Å²) in [5, 5.41) is 8.89. The topological polar surface area (TPSA) is 96.5 Å². The second-order valence-corrected chi connectivity index (χ2v) is 7.74. The van der Waals surface area contributed by atoms with Crippen molar-refractivity contribution in [1.29, 1.82) is 0 Å². The van der Waals surface area contributed by atoms with Crippen molar-refractivity contribution in [3.63, 3.8) is 0 Å². The number of urea groups is 1. The Kier molecular flexibility index (Phi) is 6.92. The first kappa shape index (κ1) is 25.5. The lowest BCUT2D eigenvalue weighted by Gasteiger charge is -2.22. The zero-order valence-electron chi connectivity index (χ0n) is 16.2. The normalized spacial score (nSPS) is 11.4. The van der Waals surface area contributed by atoms with Crippen LogP contribution >= 0.6 is 34.8 Å². The van der Waals surface area contributed by atoms with Gasteiger partial charge in [0.2, 0.25) is 0 Å². The van der Waals surface area contributed by atoms with Crippen LogP contribution in [0.5, 0.6) is 5.75 Å². The summed E-state index contributed by atoms with van der Waals surface area (Å²) in [5.74, 6) is -5.28. The molecule has 2 aromatic carbocycles. The Morgan fingerprint density at radius 3 is 2.12 bits per heavy atom. The molecule has 14 heteroatoms. The lowest BCUT2D eigenvalue weighted by Crippen LogP contribution is -2.41. The number of anilines is 1. The molecule has 34 heavy (non-hydrogen) atoms. The summed E-state index contributed by atoms with van der Waals surface area (Å²) in [6, 6.07) is 2.22. The van der Waals surface area contributed by atoms with E-state index >= 15 is 0 Å². The number of rotatable bonds is 3. The van der Waals surface area contributed by atoms with E-state index in [0.29, 0.717) is 12.3 Å². The van der Waals surface area contributed by atoms with Gasteiger partial charge in [-0.2, -0.15) is 13.2 Å². The number of imide groups is 1. The van der Waals surface area contributed by atoms with Crippen LogP contribution in [0.2, 0.25) is 15.1 Å². The molecule has 178 valence electrons. The fourth-order valence-electron chi connectivity index (χ4n) is 2.90. The molecule has 0 radical (unpaired) electrons. The van der Waals surface area contributed by atoms with E-state index in [1.165, 1.54) is 0 Å². The predicted molar refractivity (Wildman–Crippen MR) is 114 cm³/mol. The van der Waals surface area contributed by atoms with Gasteiger partial charge in [-0.25, -0.2) is 18.5 Å². The standard InChI is InChI=1S/C20H9Cl3F5N3O3/c21-8-5-12(31(19(29)34)18(33)14-10(24)2-1-3-11(14)25)17(32)15(23)13(8)16-9(22)4-7(6-30-16)20(26,27)28/h1-6,32H,(H2,29,34). The predicted octanol–water partition coefficient (Wildman–Crippen LogP) is 6.44. The second kappa shape index (κ2) is 9.24. The van der Waals surface area contributed by atoms with E-state index in [4.69, 9.17) is 40.5 Å². The fraction of sp³-hybridized carbons (Fsp3) is 0.0500. The zero-order valence-corrected chi connectivity index (χ0v) is 18.5. The lowest BCUT2D eigenvalue weighted by atomic mass is 10.1. The molecule has 6 nitrogen and oxygen atoms in total. The van der Waals surface area contributed by atoms with Crippen molar-refractivity contribution in [1.82, 2.24) is 4.98 Å². The molecule has 0 saturated carbocycles. The molecule has 3 rings (SSSR count). The Morgan fingerprint density at radius 2 is 1.62 bits per heavy atom. The molecular formula is C20H9Cl3F5N3O3. The molecular weight excluding hydrogens is 532 g/mol. The Balaban J connectivity index is 2.19. The number of alkyl halides is 3. The smallest absolute Gasteiger partial charge is 0.417 e. The minimum Gasteiger partial charge on any atom is -0.504 e. The average molecular weight is 541 g/mol. The first-order valence-corrected chi connectivity index (χ1v) is 9.91. The number of phenols is 1. The molecule has 0 aliphatic rings. The maximum absolute atomic E-state index is 14.1. The third-order valence-electron chi connectivity index (χ3n) is 4.42. The Morgan fingerprint density at radius 1 is 1.03 bits per heavy atom. The molecule has 0 aliphatic heterocycles. The molecule has 1 heterocycles. The highest BCUT2D eigenvalue weighted by molar-refractivity contribution is 6.42. The van der Waals surface area contributed by atoms with E-state index < -0.39 is 67.4 Å². The van der Waals surface area contributed by atoms with Crippen molar-refractivity contribution in [2.24, 2.45) is 5.73 Å². The van der Waals surface area contributed by atoms with Gasteiger partial charge in [-0.15, -0.1) is 0 Å². The highest BCUT2D eigenvalue weighted by atomic mass is 35.5. The summed E-state index contributed by atoms with van der Waals surface area (Å²) < 4.78 is 66.8. The summed E-state index contributed by atoms with van der Waals surface area (Å²) in [6.07, 6.45) is -4.31. The number of primary amides is 1. The van der Waals surface area contributed by atoms with Crippen molar-refractivity contribution in [2.45, 2.75) is 6.18 Å². The molecule has 3 aromatic rings. The van der Waals surface area contributed by atoms with Crippen molar-refractivity contribution < 1.29 is 36.6 Å². The SMILES string of the molecule is NC(=O)N(C(=O)c1c(F)cccc1F)c1cc(Cl)c(-c2ncc(C(F)(F)F)cc2Cl)c(Cl)c1O. The van der Waals surface area contributed by atoms with Gasteiger partial charge in [-0.05, 0) is 24.3 Å². The van der Waals surface area contributed by atoms with Crippen LogP contribution in [0.3, 0.4) is 0 Å². The first-order chi connectivity index (χ1) is 15.8. The van der Waals surface area contributed by atoms with E-state index in [9.17, 15) is 36.6 Å². The maximum atomic E-state index is 14.1. The van der Waals surface area contributed by atoms with Crippen molar-refractivity contribution in [2.75, 3.05) is 4.90 Å². The number of carbonyl (C=O) groups excluding carboxylic acids is 2. The molecule has 0 atom stereocenters. The minimum absolute atomic E-state index is 0.0140. The van der Waals surface area contributed by atoms with Crippen LogP contribution in [0.25, 0.3) is 11.3 Å². The van der Waals surface area contributed by atoms with Crippen molar-refractivity contribution >= 4 is 52.4 Å². The van der Waals surface area contributed by atoms with Crippen LogP contribution in [0.15, 0.2) is 36.5 Å². The highest BCUT2D eigenvalue weighted by Gasteiger charge is 2.34. The molecule has 0 spiro atoms. The van der Waals surface area contributed by atoms with E-state index in [2.05, 4.69) is 4.98 Å². The summed E-state index contributed by atoms with van der Waals surface area (Å²) in [6.45, 7) is 0. The number of phenolic OH excluding ortho intramolecular Hbond substituents is 1. The molecule has 0 unspecified atom stereocenters. The minimum atomic E-state index is -4.75. The number of halogens is 8. The molecule has 1 aromatic heterocycles. The molecule has 3 amide bonds. The van der Waals surface area contributed by atoms with Gasteiger partial charge < -0.3 is 10.8 Å². The van der Waals surface area contributed by atoms with Crippen LogP contribution in [-0.4, -0.2) is 22.0 Å². The Labute approximate surface area is 202 Å². The highest BCUT2D eigenvalue weighted by Crippen LogP contribution is 2.47. The van der Waals surface area contributed by atoms with Gasteiger partial charge in [0, 0.05) is 11.8 Å². The Bertz CT molecular complexity index is 1310. The van der Waals surface area contributed by atoms with Gasteiger partial charge in [0.25, 0.3) is 5.91 Å². The van der Waals surface area contributed by atoms with Gasteiger partial charge >= 0.3 is 12.2 Å². The average Bonchev–Trinajstić information content (AvgIpc) is 2.72. The zero-order chi connectivity index (χ0) is 25.5. The fourth-order valence-corrected chi connectivity index (χ4v) is 3.79. The molecule has 0 fully saturated rings. The number of amides is 3. The van der Waals surface area contributed by atoms with Crippen LogP contribution in [0.1, 0.15) is 15.9 Å². The number of aromatic nitrogens is 1. The number of hydrogen-bond donors (Lipinski definition) is 2. The van der Waals surface area contributed by atoms with Crippen LogP contribution < -0.4 is 10.6 Å². The summed E-state index contributed by atoms with van der Waals surface area (Å²) in [7, 11) is 0. The number of aromatic hydroxyl groups is 1. The van der Waals surface area contributed by atoms with Crippen LogP contribution in [0, 0.1) is 11.6 Å². The quantitative estimate of drug-likeness (QED) is 0.374. The number of hydrogen-bond acceptors (Lipinski definition) is 4. The van der Waals surface area contributed by atoms with Crippen molar-refractivity contribution in [3.05, 3.63) is 74.4 Å². The van der Waals surface area contributed by atoms with E-state index in [0.717, 1.165) is 24.3 Å². The Hall–Kier alpha value is -3.15. The van der Waals surface area contributed by atoms with Crippen molar-refractivity contribution in [3.8, 4) is 17.0 Å². The third-order valence-corrected chi connectivity index (χ3v) is 5.37. The number of nitrogens with two attached hydrogens (primary N) is 1. The van der Waals surface area contributed by atoms with Gasteiger partial charge in [0.05, 0.1) is 32.0 Å². The number of carbonyl (C=O) groups is 2. The molecule has 3 N–H and O–H groups in total. The number of pyridine rings is 1. The van der Waals surface area contributed by atoms with Crippen LogP contribution in [0.4, 0.5) is 32.4 Å². The van der Waals surface area contributed by atoms with Gasteiger partial charge in [-0.1, -0.05) is 40.9 Å². The van der Waals surface area contributed by atoms with E-state index in [1.54, 1.807) is 0 Å². The second-order valence-electron chi connectivity index (χ2n) is 6.54. The monoisotopic (exact) mass is 539 g/mol.